The Morgan fingerprint density at radius 2 is 1.78 bits per heavy atom. The molecule has 0 aliphatic rings. The summed E-state index contributed by atoms with van der Waals surface area (Å²) < 4.78 is 31.7. The Morgan fingerprint density at radius 3 is 2.52 bits per heavy atom. The van der Waals surface area contributed by atoms with Gasteiger partial charge >= 0.3 is 5.97 Å². The molecule has 0 radical (unpaired) electrons. The molecule has 6 heteroatoms. The first-order chi connectivity index (χ1) is 13.0. The van der Waals surface area contributed by atoms with Gasteiger partial charge in [0.25, 0.3) is 5.91 Å². The van der Waals surface area contributed by atoms with Crippen LogP contribution in [0.2, 0.25) is 0 Å². The summed E-state index contributed by atoms with van der Waals surface area (Å²) in [6.45, 7) is 0. The minimum Gasteiger partial charge on any atom is -0.467 e. The third-order valence-corrected chi connectivity index (χ3v) is 4.27. The summed E-state index contributed by atoms with van der Waals surface area (Å²) in [7, 11) is 1.21. The summed E-state index contributed by atoms with van der Waals surface area (Å²) in [5, 5.41) is 4.42. The largest absolute Gasteiger partial charge is 0.467 e. The number of rotatable bonds is 5. The molecule has 0 heterocycles. The fourth-order valence-corrected chi connectivity index (χ4v) is 2.94. The Labute approximate surface area is 154 Å². The molecule has 4 nitrogen and oxygen atoms in total. The first-order valence-electron chi connectivity index (χ1n) is 8.30. The third kappa shape index (κ3) is 4.11. The van der Waals surface area contributed by atoms with Gasteiger partial charge in [-0.15, -0.1) is 0 Å². The molecule has 3 aromatic rings. The molecular formula is C21H17F2NO3. The van der Waals surface area contributed by atoms with Gasteiger partial charge in [-0.25, -0.2) is 13.6 Å². The van der Waals surface area contributed by atoms with Crippen LogP contribution in [0.25, 0.3) is 10.8 Å². The number of hydrogen-bond donors (Lipinski definition) is 1. The van der Waals surface area contributed by atoms with Crippen molar-refractivity contribution in [3.63, 3.8) is 0 Å². The molecule has 27 heavy (non-hydrogen) atoms. The lowest BCUT2D eigenvalue weighted by Gasteiger charge is -2.18. The number of esters is 1. The molecule has 1 atom stereocenters. The maximum absolute atomic E-state index is 13.9. The number of carbonyl (C=O) groups is 2. The highest BCUT2D eigenvalue weighted by Crippen LogP contribution is 2.20. The fraction of sp³-hybridized carbons (Fsp3) is 0.143. The number of nitrogens with one attached hydrogen (secondary N) is 1. The Bertz CT molecular complexity index is 998. The quantitative estimate of drug-likeness (QED) is 0.699. The monoisotopic (exact) mass is 369 g/mol. The first kappa shape index (κ1) is 18.5. The molecule has 0 saturated heterocycles. The van der Waals surface area contributed by atoms with Gasteiger partial charge in [-0.3, -0.25) is 4.79 Å². The average Bonchev–Trinajstić information content (AvgIpc) is 2.67. The molecule has 0 fully saturated rings. The van der Waals surface area contributed by atoms with Crippen LogP contribution in [-0.2, 0) is 16.0 Å². The summed E-state index contributed by atoms with van der Waals surface area (Å²) in [4.78, 5) is 24.5. The number of methoxy groups -OCH3 is 1. The molecule has 1 N–H and O–H groups in total. The predicted molar refractivity (Wildman–Crippen MR) is 97.3 cm³/mol. The van der Waals surface area contributed by atoms with Gasteiger partial charge in [0.05, 0.1) is 12.7 Å². The zero-order valence-electron chi connectivity index (χ0n) is 14.5. The lowest BCUT2D eigenvalue weighted by atomic mass is 9.98. The molecule has 3 aromatic carbocycles. The van der Waals surface area contributed by atoms with Crippen LogP contribution in [0.15, 0.2) is 60.7 Å². The summed E-state index contributed by atoms with van der Waals surface area (Å²) in [5.41, 5.74) is 0.492. The third-order valence-electron chi connectivity index (χ3n) is 4.27. The molecule has 3 rings (SSSR count). The molecule has 0 saturated carbocycles. The molecule has 0 aliphatic heterocycles. The molecular weight excluding hydrogens is 352 g/mol. The predicted octanol–water partition coefficient (Wildman–Crippen LogP) is 3.63. The Morgan fingerprint density at radius 1 is 1.04 bits per heavy atom. The first-order valence-corrected chi connectivity index (χ1v) is 8.30. The van der Waals surface area contributed by atoms with E-state index in [1.807, 2.05) is 42.5 Å². The number of carbonyl (C=O) groups excluding carboxylic acids is 2. The lowest BCUT2D eigenvalue weighted by Crippen LogP contribution is -2.43. The van der Waals surface area contributed by atoms with Crippen molar-refractivity contribution in [3.8, 4) is 0 Å². The van der Waals surface area contributed by atoms with Crippen molar-refractivity contribution in [3.05, 3.63) is 83.4 Å². The van der Waals surface area contributed by atoms with E-state index in [-0.39, 0.29) is 12.0 Å². The number of fused-ring (bicyclic) bond motifs is 1. The van der Waals surface area contributed by atoms with Crippen LogP contribution in [-0.4, -0.2) is 25.0 Å². The van der Waals surface area contributed by atoms with Crippen LogP contribution in [0.4, 0.5) is 8.78 Å². The second-order valence-electron chi connectivity index (χ2n) is 6.02. The van der Waals surface area contributed by atoms with E-state index in [9.17, 15) is 18.4 Å². The Hall–Kier alpha value is -3.28. The van der Waals surface area contributed by atoms with Gasteiger partial charge in [0.1, 0.15) is 17.7 Å². The van der Waals surface area contributed by atoms with Gasteiger partial charge in [0.2, 0.25) is 0 Å². The summed E-state index contributed by atoms with van der Waals surface area (Å²) in [6, 6.07) is 14.9. The molecule has 0 spiro atoms. The number of hydrogen-bond acceptors (Lipinski definition) is 3. The van der Waals surface area contributed by atoms with E-state index in [1.54, 1.807) is 0 Å². The van der Waals surface area contributed by atoms with Crippen LogP contribution in [0.1, 0.15) is 15.9 Å². The minimum absolute atomic E-state index is 0.169. The maximum Gasteiger partial charge on any atom is 0.328 e. The van der Waals surface area contributed by atoms with E-state index >= 15 is 0 Å². The molecule has 0 unspecified atom stereocenters. The number of amides is 1. The molecule has 1 amide bonds. The average molecular weight is 369 g/mol. The van der Waals surface area contributed by atoms with E-state index in [2.05, 4.69) is 5.32 Å². The maximum atomic E-state index is 13.9. The zero-order valence-corrected chi connectivity index (χ0v) is 14.5. The van der Waals surface area contributed by atoms with Crippen molar-refractivity contribution >= 4 is 22.6 Å². The van der Waals surface area contributed by atoms with Crippen LogP contribution in [0.5, 0.6) is 0 Å². The molecule has 0 aliphatic carbocycles. The van der Waals surface area contributed by atoms with Gasteiger partial charge in [0.15, 0.2) is 0 Å². The smallest absolute Gasteiger partial charge is 0.328 e. The van der Waals surface area contributed by atoms with E-state index in [1.165, 1.54) is 7.11 Å². The van der Waals surface area contributed by atoms with Crippen molar-refractivity contribution in [1.82, 2.24) is 5.32 Å². The van der Waals surface area contributed by atoms with E-state index < -0.39 is 29.6 Å². The minimum atomic E-state index is -1.02. The van der Waals surface area contributed by atoms with Crippen molar-refractivity contribution in [2.75, 3.05) is 7.11 Å². The summed E-state index contributed by atoms with van der Waals surface area (Å²) in [6.07, 6.45) is 0.169. The highest BCUT2D eigenvalue weighted by Gasteiger charge is 2.24. The second kappa shape index (κ2) is 7.95. The summed E-state index contributed by atoms with van der Waals surface area (Å²) >= 11 is 0. The Balaban J connectivity index is 1.88. The van der Waals surface area contributed by atoms with Crippen molar-refractivity contribution in [2.24, 2.45) is 0 Å². The lowest BCUT2D eigenvalue weighted by molar-refractivity contribution is -0.142. The van der Waals surface area contributed by atoms with Crippen molar-refractivity contribution < 1.29 is 23.1 Å². The van der Waals surface area contributed by atoms with Gasteiger partial charge in [-0.1, -0.05) is 42.5 Å². The van der Waals surface area contributed by atoms with Crippen molar-refractivity contribution in [2.45, 2.75) is 12.5 Å². The molecule has 138 valence electrons. The van der Waals surface area contributed by atoms with Crippen LogP contribution < -0.4 is 5.32 Å². The zero-order chi connectivity index (χ0) is 19.4. The van der Waals surface area contributed by atoms with Gasteiger partial charge < -0.3 is 10.1 Å². The van der Waals surface area contributed by atoms with E-state index in [0.29, 0.717) is 6.07 Å². The van der Waals surface area contributed by atoms with Gasteiger partial charge in [-0.05, 0) is 28.5 Å². The summed E-state index contributed by atoms with van der Waals surface area (Å²) in [5.74, 6) is -3.26. The topological polar surface area (TPSA) is 55.4 Å². The number of benzene rings is 3. The van der Waals surface area contributed by atoms with E-state index in [0.717, 1.165) is 28.5 Å². The fourth-order valence-electron chi connectivity index (χ4n) is 2.94. The van der Waals surface area contributed by atoms with Crippen LogP contribution >= 0.6 is 0 Å². The van der Waals surface area contributed by atoms with Gasteiger partial charge in [0, 0.05) is 12.5 Å². The number of ether oxygens (including phenoxy) is 1. The van der Waals surface area contributed by atoms with Crippen LogP contribution in [0, 0.1) is 11.6 Å². The second-order valence-corrected chi connectivity index (χ2v) is 6.02. The standard InChI is InChI=1S/C21H17F2NO3/c1-27-21(26)19(24-20(25)17-10-9-15(22)12-18(17)23)11-14-7-4-6-13-5-2-3-8-16(13)14/h2-10,12,19H,11H2,1H3,(H,24,25)/t19-/m0/s1. The normalized spacial score (nSPS) is 11.8. The van der Waals surface area contributed by atoms with Crippen molar-refractivity contribution in [1.29, 1.82) is 0 Å². The van der Waals surface area contributed by atoms with Crippen LogP contribution in [0.3, 0.4) is 0 Å². The van der Waals surface area contributed by atoms with E-state index in [4.69, 9.17) is 4.74 Å². The van der Waals surface area contributed by atoms with Gasteiger partial charge in [-0.2, -0.15) is 0 Å². The molecule has 0 aromatic heterocycles. The SMILES string of the molecule is COC(=O)[C@H](Cc1cccc2ccccc12)NC(=O)c1ccc(F)cc1F. The number of halogens is 2. The highest BCUT2D eigenvalue weighted by atomic mass is 19.1. The highest BCUT2D eigenvalue weighted by molar-refractivity contribution is 5.97. The molecule has 0 bridgehead atoms. The Kier molecular flexibility index (Phi) is 5.45.